The SMILES string of the molecule is COCc1ncc(-c2ccc(C(O)C(CF)NC(=O)C(F)F)cc2)s1. The van der Waals surface area contributed by atoms with Gasteiger partial charge in [0.2, 0.25) is 0 Å². The van der Waals surface area contributed by atoms with Crippen molar-refractivity contribution in [2.45, 2.75) is 25.2 Å². The second kappa shape index (κ2) is 8.93. The number of aliphatic hydroxyl groups is 1. The van der Waals surface area contributed by atoms with Crippen LogP contribution in [0.25, 0.3) is 10.4 Å². The summed E-state index contributed by atoms with van der Waals surface area (Å²) in [6, 6.07) is 5.06. The first kappa shape index (κ1) is 19.4. The normalized spacial score (nSPS) is 13.7. The van der Waals surface area contributed by atoms with E-state index < -0.39 is 31.2 Å². The predicted octanol–water partition coefficient (Wildman–Crippen LogP) is 2.71. The van der Waals surface area contributed by atoms with Crippen LogP contribution in [-0.2, 0) is 16.1 Å². The Morgan fingerprint density at radius 2 is 2.04 bits per heavy atom. The molecule has 25 heavy (non-hydrogen) atoms. The first-order valence-electron chi connectivity index (χ1n) is 7.32. The van der Waals surface area contributed by atoms with Crippen LogP contribution in [0.4, 0.5) is 13.2 Å². The number of benzene rings is 1. The molecule has 0 fully saturated rings. The van der Waals surface area contributed by atoms with Crippen molar-refractivity contribution in [3.05, 3.63) is 41.0 Å². The number of alkyl halides is 3. The molecule has 1 aromatic carbocycles. The zero-order chi connectivity index (χ0) is 18.4. The quantitative estimate of drug-likeness (QED) is 0.745. The molecule has 0 aliphatic rings. The molecule has 1 heterocycles. The standard InChI is InChI=1S/C16H17F3N2O3S/c1-24-8-13-20-7-12(25-13)9-2-4-10(5-3-9)14(22)11(6-17)21-16(23)15(18)19/h2-5,7,11,14-15,22H,6,8H2,1H3,(H,21,23). The number of halogens is 3. The summed E-state index contributed by atoms with van der Waals surface area (Å²) in [4.78, 5) is 16.1. The zero-order valence-electron chi connectivity index (χ0n) is 13.3. The summed E-state index contributed by atoms with van der Waals surface area (Å²) < 4.78 is 42.5. The molecule has 0 aliphatic heterocycles. The second-order valence-electron chi connectivity index (χ2n) is 5.19. The third kappa shape index (κ3) is 5.00. The fourth-order valence-corrected chi connectivity index (χ4v) is 3.05. The van der Waals surface area contributed by atoms with E-state index in [0.29, 0.717) is 12.2 Å². The van der Waals surface area contributed by atoms with Gasteiger partial charge in [0, 0.05) is 13.3 Å². The summed E-state index contributed by atoms with van der Waals surface area (Å²) in [5, 5.41) is 12.7. The number of nitrogens with zero attached hydrogens (tertiary/aromatic N) is 1. The molecule has 1 amide bonds. The van der Waals surface area contributed by atoms with E-state index in [9.17, 15) is 23.1 Å². The van der Waals surface area contributed by atoms with Crippen LogP contribution >= 0.6 is 11.3 Å². The Morgan fingerprint density at radius 1 is 1.36 bits per heavy atom. The van der Waals surface area contributed by atoms with Crippen LogP contribution in [0.2, 0.25) is 0 Å². The smallest absolute Gasteiger partial charge is 0.315 e. The van der Waals surface area contributed by atoms with Gasteiger partial charge < -0.3 is 15.2 Å². The van der Waals surface area contributed by atoms with Gasteiger partial charge in [-0.25, -0.2) is 9.37 Å². The first-order valence-corrected chi connectivity index (χ1v) is 8.14. The average Bonchev–Trinajstić information content (AvgIpc) is 3.08. The number of carbonyl (C=O) groups excluding carboxylic acids is 1. The number of hydrogen-bond donors (Lipinski definition) is 2. The van der Waals surface area contributed by atoms with Crippen molar-refractivity contribution in [2.24, 2.45) is 0 Å². The maximum atomic E-state index is 13.0. The zero-order valence-corrected chi connectivity index (χ0v) is 14.1. The van der Waals surface area contributed by atoms with Gasteiger partial charge in [0.05, 0.1) is 17.5 Å². The Bertz CT molecular complexity index is 694. The highest BCUT2D eigenvalue weighted by Gasteiger charge is 2.26. The second-order valence-corrected chi connectivity index (χ2v) is 6.30. The lowest BCUT2D eigenvalue weighted by atomic mass is 10.0. The number of nitrogens with one attached hydrogen (secondary N) is 1. The Morgan fingerprint density at radius 3 is 2.60 bits per heavy atom. The molecule has 2 aromatic rings. The van der Waals surface area contributed by atoms with Crippen molar-refractivity contribution in [2.75, 3.05) is 13.8 Å². The molecular formula is C16H17F3N2O3S. The maximum absolute atomic E-state index is 13.0. The van der Waals surface area contributed by atoms with Crippen molar-refractivity contribution < 1.29 is 27.8 Å². The summed E-state index contributed by atoms with van der Waals surface area (Å²) in [7, 11) is 1.57. The number of aromatic nitrogens is 1. The number of methoxy groups -OCH3 is 1. The molecule has 1 aromatic heterocycles. The summed E-state index contributed by atoms with van der Waals surface area (Å²) in [6.07, 6.45) is -3.01. The predicted molar refractivity (Wildman–Crippen MR) is 87.1 cm³/mol. The van der Waals surface area contributed by atoms with Crippen LogP contribution in [0, 0.1) is 0 Å². The Balaban J connectivity index is 2.10. The molecule has 0 saturated heterocycles. The topological polar surface area (TPSA) is 71.5 Å². The summed E-state index contributed by atoms with van der Waals surface area (Å²) >= 11 is 1.45. The van der Waals surface area contributed by atoms with Crippen LogP contribution in [0.3, 0.4) is 0 Å². The number of ether oxygens (including phenoxy) is 1. The minimum absolute atomic E-state index is 0.308. The number of carbonyl (C=O) groups is 1. The lowest BCUT2D eigenvalue weighted by molar-refractivity contribution is -0.133. The fraction of sp³-hybridized carbons (Fsp3) is 0.375. The van der Waals surface area contributed by atoms with Crippen LogP contribution in [-0.4, -0.2) is 42.2 Å². The summed E-state index contributed by atoms with van der Waals surface area (Å²) in [6.45, 7) is -0.764. The van der Waals surface area contributed by atoms with Crippen molar-refractivity contribution in [1.29, 1.82) is 0 Å². The van der Waals surface area contributed by atoms with E-state index >= 15 is 0 Å². The Hall–Kier alpha value is -1.97. The maximum Gasteiger partial charge on any atom is 0.315 e. The minimum Gasteiger partial charge on any atom is -0.386 e. The van der Waals surface area contributed by atoms with E-state index in [4.69, 9.17) is 4.74 Å². The van der Waals surface area contributed by atoms with E-state index in [2.05, 4.69) is 4.98 Å². The monoisotopic (exact) mass is 374 g/mol. The molecular weight excluding hydrogens is 357 g/mol. The molecule has 0 radical (unpaired) electrons. The highest BCUT2D eigenvalue weighted by Crippen LogP contribution is 2.28. The van der Waals surface area contributed by atoms with Gasteiger partial charge in [0.25, 0.3) is 5.91 Å². The lowest BCUT2D eigenvalue weighted by Gasteiger charge is -2.21. The molecule has 0 aliphatic carbocycles. The first-order chi connectivity index (χ1) is 12.0. The number of thiazole rings is 1. The summed E-state index contributed by atoms with van der Waals surface area (Å²) in [5.41, 5.74) is 1.15. The Labute approximate surface area is 146 Å². The average molecular weight is 374 g/mol. The molecule has 2 unspecified atom stereocenters. The number of aliphatic hydroxyl groups excluding tert-OH is 1. The van der Waals surface area contributed by atoms with Gasteiger partial charge in [-0.05, 0) is 11.1 Å². The number of hydrogen-bond acceptors (Lipinski definition) is 5. The molecule has 0 saturated carbocycles. The highest BCUT2D eigenvalue weighted by molar-refractivity contribution is 7.15. The minimum atomic E-state index is -3.27. The number of amides is 1. The van der Waals surface area contributed by atoms with Gasteiger partial charge in [-0.2, -0.15) is 8.78 Å². The molecule has 9 heteroatoms. The van der Waals surface area contributed by atoms with E-state index in [1.807, 2.05) is 0 Å². The van der Waals surface area contributed by atoms with E-state index in [-0.39, 0.29) is 0 Å². The van der Waals surface area contributed by atoms with Gasteiger partial charge >= 0.3 is 6.43 Å². The van der Waals surface area contributed by atoms with E-state index in [1.165, 1.54) is 11.3 Å². The number of rotatable bonds is 8. The molecule has 0 spiro atoms. The Kier molecular flexibility index (Phi) is 6.91. The molecule has 136 valence electrons. The molecule has 2 atom stereocenters. The van der Waals surface area contributed by atoms with Crippen LogP contribution in [0.15, 0.2) is 30.5 Å². The van der Waals surface area contributed by atoms with Crippen molar-refractivity contribution in [3.63, 3.8) is 0 Å². The molecule has 2 rings (SSSR count). The van der Waals surface area contributed by atoms with Gasteiger partial charge in [0.1, 0.15) is 17.8 Å². The molecule has 0 bridgehead atoms. The van der Waals surface area contributed by atoms with Gasteiger partial charge in [-0.3, -0.25) is 4.79 Å². The van der Waals surface area contributed by atoms with Crippen molar-refractivity contribution in [3.8, 4) is 10.4 Å². The van der Waals surface area contributed by atoms with E-state index in [0.717, 1.165) is 15.4 Å². The van der Waals surface area contributed by atoms with E-state index in [1.54, 1.807) is 42.9 Å². The van der Waals surface area contributed by atoms with Crippen LogP contribution < -0.4 is 5.32 Å². The van der Waals surface area contributed by atoms with Crippen molar-refractivity contribution >= 4 is 17.2 Å². The van der Waals surface area contributed by atoms with Gasteiger partial charge in [-0.15, -0.1) is 11.3 Å². The largest absolute Gasteiger partial charge is 0.386 e. The van der Waals surface area contributed by atoms with Gasteiger partial charge in [-0.1, -0.05) is 24.3 Å². The lowest BCUT2D eigenvalue weighted by Crippen LogP contribution is -2.43. The van der Waals surface area contributed by atoms with Gasteiger partial charge in [0.15, 0.2) is 0 Å². The molecule has 5 nitrogen and oxygen atoms in total. The van der Waals surface area contributed by atoms with Crippen LogP contribution in [0.1, 0.15) is 16.7 Å². The van der Waals surface area contributed by atoms with Crippen molar-refractivity contribution in [1.82, 2.24) is 10.3 Å². The highest BCUT2D eigenvalue weighted by atomic mass is 32.1. The molecule has 2 N–H and O–H groups in total. The summed E-state index contributed by atoms with van der Waals surface area (Å²) in [5.74, 6) is -1.62. The van der Waals surface area contributed by atoms with Crippen LogP contribution in [0.5, 0.6) is 0 Å². The third-order valence-electron chi connectivity index (χ3n) is 3.43. The third-order valence-corrected chi connectivity index (χ3v) is 4.45. The fourth-order valence-electron chi connectivity index (χ4n) is 2.16.